The normalized spacial score (nSPS) is 19.6. The summed E-state index contributed by atoms with van der Waals surface area (Å²) in [4.78, 5) is 16.8. The largest absolute Gasteiger partial charge is 0.334 e. The van der Waals surface area contributed by atoms with E-state index in [1.807, 2.05) is 47.0 Å². The van der Waals surface area contributed by atoms with Crippen LogP contribution in [0.15, 0.2) is 30.3 Å². The van der Waals surface area contributed by atoms with Crippen molar-refractivity contribution in [1.82, 2.24) is 9.80 Å². The van der Waals surface area contributed by atoms with Gasteiger partial charge in [-0.05, 0) is 44.0 Å². The van der Waals surface area contributed by atoms with E-state index in [4.69, 9.17) is 11.6 Å². The Hall–Kier alpha value is -0.970. The van der Waals surface area contributed by atoms with Gasteiger partial charge in [0.1, 0.15) is 0 Å². The molecule has 1 amide bonds. The molecule has 1 heterocycles. The maximum Gasteiger partial charge on any atom is 0.246 e. The number of hydrogen-bond acceptors (Lipinski definition) is 3. The molecular weight excluding hydrogens is 316 g/mol. The minimum absolute atomic E-state index is 0.0780. The van der Waals surface area contributed by atoms with Crippen LogP contribution in [0, 0.1) is 0 Å². The van der Waals surface area contributed by atoms with Crippen LogP contribution in [0.3, 0.4) is 0 Å². The number of likely N-dealkylation sites (N-methyl/N-ethyl adjacent to an activating group) is 1. The maximum atomic E-state index is 12.6. The van der Waals surface area contributed by atoms with E-state index in [9.17, 15) is 4.79 Å². The van der Waals surface area contributed by atoms with Gasteiger partial charge in [-0.25, -0.2) is 0 Å². The highest BCUT2D eigenvalue weighted by Gasteiger charge is 2.24. The predicted octanol–water partition coefficient (Wildman–Crippen LogP) is 3.25. The number of carbonyl (C=O) groups is 1. The van der Waals surface area contributed by atoms with Crippen molar-refractivity contribution in [1.29, 1.82) is 0 Å². The van der Waals surface area contributed by atoms with Crippen molar-refractivity contribution in [2.75, 3.05) is 38.7 Å². The summed E-state index contributed by atoms with van der Waals surface area (Å²) >= 11 is 8.07. The Balaban J connectivity index is 2.09. The average molecular weight is 339 g/mol. The zero-order valence-electron chi connectivity index (χ0n) is 13.2. The third-order valence-electron chi connectivity index (χ3n) is 3.61. The maximum absolute atomic E-state index is 12.6. The smallest absolute Gasteiger partial charge is 0.246 e. The van der Waals surface area contributed by atoms with Gasteiger partial charge >= 0.3 is 0 Å². The van der Waals surface area contributed by atoms with Gasteiger partial charge in [-0.3, -0.25) is 4.79 Å². The molecule has 0 aromatic heterocycles. The third-order valence-corrected chi connectivity index (χ3v) is 5.15. The lowest BCUT2D eigenvalue weighted by atomic mass is 10.2. The summed E-state index contributed by atoms with van der Waals surface area (Å²) in [6, 6.07) is 7.84. The van der Waals surface area contributed by atoms with E-state index in [1.165, 1.54) is 0 Å². The zero-order chi connectivity index (χ0) is 15.9. The zero-order valence-corrected chi connectivity index (χ0v) is 14.7. The van der Waals surface area contributed by atoms with Crippen molar-refractivity contribution in [3.8, 4) is 0 Å². The minimum Gasteiger partial charge on any atom is -0.334 e. The van der Waals surface area contributed by atoms with Crippen LogP contribution in [0.25, 0.3) is 6.08 Å². The van der Waals surface area contributed by atoms with Gasteiger partial charge in [0, 0.05) is 29.9 Å². The monoisotopic (exact) mass is 338 g/mol. The Labute approximate surface area is 142 Å². The molecule has 0 spiro atoms. The van der Waals surface area contributed by atoms with Gasteiger partial charge in [-0.15, -0.1) is 0 Å². The second-order valence-corrected chi connectivity index (χ2v) is 7.29. The van der Waals surface area contributed by atoms with E-state index in [0.29, 0.717) is 5.02 Å². The highest BCUT2D eigenvalue weighted by atomic mass is 35.5. The molecule has 0 bridgehead atoms. The average Bonchev–Trinajstić information content (AvgIpc) is 2.71. The number of halogens is 1. The van der Waals surface area contributed by atoms with Crippen molar-refractivity contribution < 1.29 is 4.79 Å². The van der Waals surface area contributed by atoms with Gasteiger partial charge in [0.05, 0.1) is 6.04 Å². The molecule has 2 rings (SSSR count). The Morgan fingerprint density at radius 2 is 2.23 bits per heavy atom. The molecule has 1 aliphatic rings. The number of hydrogen-bond donors (Lipinski definition) is 0. The van der Waals surface area contributed by atoms with E-state index in [1.54, 1.807) is 6.08 Å². The molecule has 0 aliphatic carbocycles. The van der Waals surface area contributed by atoms with E-state index < -0.39 is 0 Å². The molecule has 0 N–H and O–H groups in total. The van der Waals surface area contributed by atoms with E-state index in [-0.39, 0.29) is 11.9 Å². The SMILES string of the molecule is CN(C)C[C@H]1CSCCCN1C(=O)/C=C/c1ccccc1Cl. The molecule has 1 saturated heterocycles. The first-order chi connectivity index (χ1) is 10.6. The highest BCUT2D eigenvalue weighted by Crippen LogP contribution is 2.19. The van der Waals surface area contributed by atoms with Crippen LogP contribution in [0.2, 0.25) is 5.02 Å². The second-order valence-electron chi connectivity index (χ2n) is 5.73. The summed E-state index contributed by atoms with van der Waals surface area (Å²) in [6.45, 7) is 1.73. The molecule has 1 aromatic carbocycles. The second kappa shape index (κ2) is 8.61. The number of benzene rings is 1. The van der Waals surface area contributed by atoms with Crippen molar-refractivity contribution in [3.63, 3.8) is 0 Å². The first kappa shape index (κ1) is 17.4. The molecule has 0 radical (unpaired) electrons. The lowest BCUT2D eigenvalue weighted by molar-refractivity contribution is -0.128. The summed E-state index contributed by atoms with van der Waals surface area (Å²) in [5.41, 5.74) is 0.880. The van der Waals surface area contributed by atoms with Crippen LogP contribution in [-0.4, -0.2) is 60.4 Å². The summed E-state index contributed by atoms with van der Waals surface area (Å²) < 4.78 is 0. The number of carbonyl (C=O) groups excluding carboxylic acids is 1. The van der Waals surface area contributed by atoms with Crippen molar-refractivity contribution in [2.24, 2.45) is 0 Å². The van der Waals surface area contributed by atoms with Crippen LogP contribution in [0.1, 0.15) is 12.0 Å². The quantitative estimate of drug-likeness (QED) is 0.787. The number of nitrogens with zero attached hydrogens (tertiary/aromatic N) is 2. The number of thioether (sulfide) groups is 1. The Morgan fingerprint density at radius 3 is 2.95 bits per heavy atom. The Kier molecular flexibility index (Phi) is 6.80. The first-order valence-electron chi connectivity index (χ1n) is 7.53. The fourth-order valence-corrected chi connectivity index (χ4v) is 3.81. The lowest BCUT2D eigenvalue weighted by Gasteiger charge is -2.30. The molecule has 1 fully saturated rings. The van der Waals surface area contributed by atoms with E-state index in [2.05, 4.69) is 19.0 Å². The van der Waals surface area contributed by atoms with Gasteiger partial charge in [0.25, 0.3) is 0 Å². The molecule has 1 aliphatic heterocycles. The Bertz CT molecular complexity index is 533. The molecule has 120 valence electrons. The summed E-state index contributed by atoms with van der Waals surface area (Å²) in [6.07, 6.45) is 4.52. The number of rotatable bonds is 4. The van der Waals surface area contributed by atoms with Gasteiger partial charge in [0.2, 0.25) is 5.91 Å². The van der Waals surface area contributed by atoms with Crippen molar-refractivity contribution >= 4 is 35.3 Å². The minimum atomic E-state index is 0.0780. The summed E-state index contributed by atoms with van der Waals surface area (Å²) in [7, 11) is 4.11. The molecule has 3 nitrogen and oxygen atoms in total. The summed E-state index contributed by atoms with van der Waals surface area (Å²) in [5, 5.41) is 0.669. The van der Waals surface area contributed by atoms with Crippen LogP contribution >= 0.6 is 23.4 Å². The molecule has 0 unspecified atom stereocenters. The van der Waals surface area contributed by atoms with Gasteiger partial charge in [0.15, 0.2) is 0 Å². The van der Waals surface area contributed by atoms with Crippen LogP contribution in [0.4, 0.5) is 0 Å². The van der Waals surface area contributed by atoms with Crippen molar-refractivity contribution in [3.05, 3.63) is 40.9 Å². The van der Waals surface area contributed by atoms with Crippen molar-refractivity contribution in [2.45, 2.75) is 12.5 Å². The molecule has 5 heteroatoms. The Morgan fingerprint density at radius 1 is 1.45 bits per heavy atom. The topological polar surface area (TPSA) is 23.6 Å². The fourth-order valence-electron chi connectivity index (χ4n) is 2.56. The van der Waals surface area contributed by atoms with Crippen LogP contribution in [0.5, 0.6) is 0 Å². The standard InChI is InChI=1S/C17H23ClN2OS/c1-19(2)12-15-13-22-11-5-10-20(15)17(21)9-8-14-6-3-4-7-16(14)18/h3-4,6-9,15H,5,10-13H2,1-2H3/b9-8+/t15-/m0/s1. The fraction of sp³-hybridized carbons (Fsp3) is 0.471. The van der Waals surface area contributed by atoms with Gasteiger partial charge in [-0.2, -0.15) is 11.8 Å². The van der Waals surface area contributed by atoms with Gasteiger partial charge < -0.3 is 9.80 Å². The predicted molar refractivity (Wildman–Crippen MR) is 96.5 cm³/mol. The van der Waals surface area contributed by atoms with E-state index >= 15 is 0 Å². The molecule has 1 atom stereocenters. The van der Waals surface area contributed by atoms with Crippen LogP contribution in [-0.2, 0) is 4.79 Å². The molecule has 1 aromatic rings. The highest BCUT2D eigenvalue weighted by molar-refractivity contribution is 7.99. The molecular formula is C17H23ClN2OS. The van der Waals surface area contributed by atoms with Gasteiger partial charge in [-0.1, -0.05) is 29.8 Å². The van der Waals surface area contributed by atoms with Crippen LogP contribution < -0.4 is 0 Å². The van der Waals surface area contributed by atoms with E-state index in [0.717, 1.165) is 36.6 Å². The molecule has 22 heavy (non-hydrogen) atoms. The third kappa shape index (κ3) is 5.04. The summed E-state index contributed by atoms with van der Waals surface area (Å²) in [5.74, 6) is 2.21. The lowest BCUT2D eigenvalue weighted by Crippen LogP contribution is -2.46. The number of amides is 1. The molecule has 0 saturated carbocycles. The first-order valence-corrected chi connectivity index (χ1v) is 9.07.